The highest BCUT2D eigenvalue weighted by molar-refractivity contribution is 8.01. The van der Waals surface area contributed by atoms with Gasteiger partial charge >= 0.3 is 0 Å². The van der Waals surface area contributed by atoms with Crippen molar-refractivity contribution in [2.24, 2.45) is 0 Å². The predicted octanol–water partition coefficient (Wildman–Crippen LogP) is 2.85. The van der Waals surface area contributed by atoms with Crippen LogP contribution in [0.25, 0.3) is 0 Å². The van der Waals surface area contributed by atoms with Gasteiger partial charge in [-0.15, -0.1) is 24.2 Å². The molecule has 1 aromatic rings. The molecule has 0 radical (unpaired) electrons. The summed E-state index contributed by atoms with van der Waals surface area (Å²) in [6.45, 7) is 0.129. The molecule has 3 nitrogen and oxygen atoms in total. The summed E-state index contributed by atoms with van der Waals surface area (Å²) in [5, 5.41) is 5.41. The third-order valence-electron chi connectivity index (χ3n) is 3.90. The molecule has 2 N–H and O–H groups in total. The largest absolute Gasteiger partial charge is 0.353 e. The first kappa shape index (κ1) is 17.5. The Morgan fingerprint density at radius 1 is 1.32 bits per heavy atom. The van der Waals surface area contributed by atoms with Crippen molar-refractivity contribution in [2.45, 2.75) is 40.9 Å². The van der Waals surface area contributed by atoms with E-state index >= 15 is 0 Å². The maximum atomic E-state index is 13.1. The Hall–Kier alpha value is -0.850. The Labute approximate surface area is 139 Å². The predicted molar refractivity (Wildman–Crippen MR) is 85.9 cm³/mol. The lowest BCUT2D eigenvalue weighted by atomic mass is 10.2. The van der Waals surface area contributed by atoms with Gasteiger partial charge in [0.05, 0.1) is 12.6 Å². The molecular formula is C15H19ClF2N2OS. The lowest BCUT2D eigenvalue weighted by Crippen LogP contribution is -2.43. The molecule has 0 bridgehead atoms. The smallest absolute Gasteiger partial charge is 0.262 e. The Morgan fingerprint density at radius 3 is 2.55 bits per heavy atom. The van der Waals surface area contributed by atoms with Gasteiger partial charge in [-0.25, -0.2) is 8.78 Å². The van der Waals surface area contributed by atoms with Crippen molar-refractivity contribution >= 4 is 30.1 Å². The number of amides is 1. The molecule has 1 heterocycles. The Kier molecular flexibility index (Phi) is 5.35. The Bertz CT molecular complexity index is 526. The summed E-state index contributed by atoms with van der Waals surface area (Å²) < 4.78 is 26.2. The van der Waals surface area contributed by atoms with Gasteiger partial charge in [0, 0.05) is 22.6 Å². The molecule has 2 aliphatic rings. The number of thioether (sulfide) groups is 1. The first-order valence-electron chi connectivity index (χ1n) is 7.11. The van der Waals surface area contributed by atoms with Crippen LogP contribution in [-0.2, 0) is 4.79 Å². The van der Waals surface area contributed by atoms with Crippen LogP contribution in [0.3, 0.4) is 0 Å². The fraction of sp³-hybridized carbons (Fsp3) is 0.533. The van der Waals surface area contributed by atoms with Crippen LogP contribution in [0.2, 0.25) is 0 Å². The number of carbonyl (C=O) groups excluding carboxylic acids is 1. The molecular weight excluding hydrogens is 330 g/mol. The summed E-state index contributed by atoms with van der Waals surface area (Å²) in [6, 6.07) is 9.27. The van der Waals surface area contributed by atoms with Gasteiger partial charge in [-0.3, -0.25) is 10.1 Å². The zero-order valence-electron chi connectivity index (χ0n) is 12.0. The van der Waals surface area contributed by atoms with E-state index in [1.807, 2.05) is 30.3 Å². The first-order chi connectivity index (χ1) is 9.98. The first-order valence-corrected chi connectivity index (χ1v) is 7.93. The van der Waals surface area contributed by atoms with Crippen LogP contribution in [0.15, 0.2) is 35.2 Å². The van der Waals surface area contributed by atoms with E-state index < -0.39 is 24.9 Å². The van der Waals surface area contributed by atoms with Gasteiger partial charge in [0.15, 0.2) is 0 Å². The number of rotatable bonds is 5. The number of carbonyl (C=O) groups is 1. The summed E-state index contributed by atoms with van der Waals surface area (Å²) in [5.74, 6) is -3.08. The number of hydrogen-bond donors (Lipinski definition) is 2. The van der Waals surface area contributed by atoms with Crippen LogP contribution in [0.5, 0.6) is 0 Å². The highest BCUT2D eigenvalue weighted by atomic mass is 35.5. The highest BCUT2D eigenvalue weighted by Crippen LogP contribution is 2.51. The van der Waals surface area contributed by atoms with Crippen molar-refractivity contribution in [2.75, 3.05) is 13.1 Å². The normalized spacial score (nSPS) is 24.4. The number of hydrogen-bond acceptors (Lipinski definition) is 3. The fourth-order valence-corrected chi connectivity index (χ4v) is 3.71. The highest BCUT2D eigenvalue weighted by Gasteiger charge is 2.46. The van der Waals surface area contributed by atoms with Crippen LogP contribution in [-0.4, -0.2) is 35.7 Å². The average molecular weight is 349 g/mol. The summed E-state index contributed by atoms with van der Waals surface area (Å²) in [7, 11) is 0. The number of benzene rings is 1. The quantitative estimate of drug-likeness (QED) is 0.859. The molecule has 1 unspecified atom stereocenters. The van der Waals surface area contributed by atoms with Gasteiger partial charge in [-0.05, 0) is 25.0 Å². The summed E-state index contributed by atoms with van der Waals surface area (Å²) in [4.78, 5) is 13.1. The van der Waals surface area contributed by atoms with Crippen LogP contribution in [0, 0.1) is 0 Å². The monoisotopic (exact) mass is 348 g/mol. The lowest BCUT2D eigenvalue weighted by Gasteiger charge is -2.17. The maximum absolute atomic E-state index is 13.1. The van der Waals surface area contributed by atoms with Gasteiger partial charge in [0.25, 0.3) is 5.92 Å². The summed E-state index contributed by atoms with van der Waals surface area (Å²) in [6.07, 6.45) is 1.68. The Balaban J connectivity index is 0.00000176. The molecule has 1 aromatic carbocycles. The third-order valence-corrected chi connectivity index (χ3v) is 5.39. The van der Waals surface area contributed by atoms with E-state index in [9.17, 15) is 13.6 Å². The van der Waals surface area contributed by atoms with E-state index in [0.717, 1.165) is 12.8 Å². The second-order valence-electron chi connectivity index (χ2n) is 5.81. The van der Waals surface area contributed by atoms with Crippen molar-refractivity contribution in [1.82, 2.24) is 10.6 Å². The van der Waals surface area contributed by atoms with E-state index in [4.69, 9.17) is 0 Å². The zero-order chi connectivity index (χ0) is 14.9. The van der Waals surface area contributed by atoms with Crippen LogP contribution in [0.4, 0.5) is 8.78 Å². The molecule has 3 rings (SSSR count). The van der Waals surface area contributed by atoms with Crippen LogP contribution in [0.1, 0.15) is 19.3 Å². The van der Waals surface area contributed by atoms with Gasteiger partial charge in [0.2, 0.25) is 5.91 Å². The van der Waals surface area contributed by atoms with E-state index in [0.29, 0.717) is 6.54 Å². The van der Waals surface area contributed by atoms with Gasteiger partial charge < -0.3 is 5.32 Å². The summed E-state index contributed by atoms with van der Waals surface area (Å²) in [5.41, 5.74) is 0. The second kappa shape index (κ2) is 6.72. The molecule has 0 aromatic heterocycles. The number of halogens is 3. The molecule has 1 saturated carbocycles. The SMILES string of the molecule is Cl.O=C(NCC1(Sc2ccccc2)CC1)C1CC(F)(F)CN1. The molecule has 1 aliphatic carbocycles. The van der Waals surface area contributed by atoms with Crippen molar-refractivity contribution in [3.05, 3.63) is 30.3 Å². The van der Waals surface area contributed by atoms with E-state index in [-0.39, 0.29) is 23.1 Å². The third kappa shape index (κ3) is 4.33. The van der Waals surface area contributed by atoms with E-state index in [1.54, 1.807) is 11.8 Å². The minimum absolute atomic E-state index is 0. The van der Waals surface area contributed by atoms with Gasteiger partial charge in [-0.2, -0.15) is 0 Å². The average Bonchev–Trinajstić information content (AvgIpc) is 3.12. The molecule has 1 aliphatic heterocycles. The van der Waals surface area contributed by atoms with Crippen molar-refractivity contribution in [1.29, 1.82) is 0 Å². The minimum atomic E-state index is -2.77. The second-order valence-corrected chi connectivity index (χ2v) is 7.35. The molecule has 22 heavy (non-hydrogen) atoms. The van der Waals surface area contributed by atoms with Crippen molar-refractivity contribution in [3.8, 4) is 0 Å². The molecule has 122 valence electrons. The summed E-state index contributed by atoms with van der Waals surface area (Å²) >= 11 is 1.76. The van der Waals surface area contributed by atoms with Gasteiger partial charge in [0.1, 0.15) is 0 Å². The fourth-order valence-electron chi connectivity index (χ4n) is 2.47. The minimum Gasteiger partial charge on any atom is -0.353 e. The molecule has 2 fully saturated rings. The topological polar surface area (TPSA) is 41.1 Å². The lowest BCUT2D eigenvalue weighted by molar-refractivity contribution is -0.123. The van der Waals surface area contributed by atoms with Crippen LogP contribution >= 0.6 is 24.2 Å². The van der Waals surface area contributed by atoms with E-state index in [1.165, 1.54) is 4.90 Å². The maximum Gasteiger partial charge on any atom is 0.262 e. The van der Waals surface area contributed by atoms with Crippen LogP contribution < -0.4 is 10.6 Å². The van der Waals surface area contributed by atoms with Crippen molar-refractivity contribution in [3.63, 3.8) is 0 Å². The van der Waals surface area contributed by atoms with Crippen molar-refractivity contribution < 1.29 is 13.6 Å². The zero-order valence-corrected chi connectivity index (χ0v) is 13.6. The Morgan fingerprint density at radius 2 is 2.00 bits per heavy atom. The van der Waals surface area contributed by atoms with E-state index in [2.05, 4.69) is 10.6 Å². The number of alkyl halides is 2. The molecule has 0 spiro atoms. The van der Waals surface area contributed by atoms with Gasteiger partial charge in [-0.1, -0.05) is 18.2 Å². The molecule has 1 amide bonds. The molecule has 1 saturated heterocycles. The number of nitrogens with one attached hydrogen (secondary N) is 2. The standard InChI is InChI=1S/C15H18F2N2OS.ClH/c16-15(17)8-12(18-10-15)13(20)19-9-14(6-7-14)21-11-4-2-1-3-5-11;/h1-5,12,18H,6-10H2,(H,19,20);1H. The molecule has 1 atom stereocenters. The molecule has 7 heteroatoms.